The maximum absolute atomic E-state index is 12.3. The van der Waals surface area contributed by atoms with Crippen molar-refractivity contribution in [3.63, 3.8) is 0 Å². The van der Waals surface area contributed by atoms with E-state index in [9.17, 15) is 4.79 Å². The number of carbonyl (C=O) groups is 1. The highest BCUT2D eigenvalue weighted by Gasteiger charge is 2.29. The summed E-state index contributed by atoms with van der Waals surface area (Å²) in [6, 6.07) is 15.6. The molecular weight excluding hydrogens is 248 g/mol. The topological polar surface area (TPSA) is 26.3 Å². The maximum Gasteiger partial charge on any atom is 0.182 e. The Labute approximate surface area is 118 Å². The Bertz CT molecular complexity index is 656. The van der Waals surface area contributed by atoms with Gasteiger partial charge in [-0.15, -0.1) is 0 Å². The minimum absolute atomic E-state index is 0.112. The van der Waals surface area contributed by atoms with Crippen LogP contribution in [-0.4, -0.2) is 5.78 Å². The van der Waals surface area contributed by atoms with E-state index >= 15 is 0 Å². The van der Waals surface area contributed by atoms with Gasteiger partial charge in [0, 0.05) is 17.5 Å². The van der Waals surface area contributed by atoms with Gasteiger partial charge in [-0.05, 0) is 12.5 Å². The zero-order valence-corrected chi connectivity index (χ0v) is 11.4. The molecule has 0 aliphatic carbocycles. The van der Waals surface area contributed by atoms with Gasteiger partial charge in [-0.2, -0.15) is 0 Å². The summed E-state index contributed by atoms with van der Waals surface area (Å²) >= 11 is 0. The van der Waals surface area contributed by atoms with Crippen molar-refractivity contribution in [3.8, 4) is 5.75 Å². The van der Waals surface area contributed by atoms with E-state index < -0.39 is 6.10 Å². The number of carbonyl (C=O) groups excluding carboxylic acids is 1. The number of fused-ring (bicyclic) bond motifs is 1. The standard InChI is InChI=1S/C18H16O2/c1-2-7-13-10-6-11-15-12-16(19)18(20-17(13)15)14-8-4-3-5-9-14/h2-11,18H,12H2,1H3/b7-2-. The Hall–Kier alpha value is -2.35. The van der Waals surface area contributed by atoms with E-state index in [1.807, 2.05) is 67.6 Å². The number of rotatable bonds is 2. The summed E-state index contributed by atoms with van der Waals surface area (Å²) in [7, 11) is 0. The molecule has 2 heteroatoms. The third kappa shape index (κ3) is 2.25. The number of Topliss-reactive ketones (excluding diaryl/α,β-unsaturated/α-hetero) is 1. The van der Waals surface area contributed by atoms with Gasteiger partial charge in [-0.25, -0.2) is 0 Å². The lowest BCUT2D eigenvalue weighted by atomic mass is 9.94. The molecule has 0 N–H and O–H groups in total. The van der Waals surface area contributed by atoms with Gasteiger partial charge in [0.25, 0.3) is 0 Å². The number of benzene rings is 2. The van der Waals surface area contributed by atoms with Crippen molar-refractivity contribution in [2.24, 2.45) is 0 Å². The van der Waals surface area contributed by atoms with Gasteiger partial charge in [0.1, 0.15) is 5.75 Å². The molecule has 0 saturated heterocycles. The monoisotopic (exact) mass is 264 g/mol. The molecule has 2 nitrogen and oxygen atoms in total. The lowest BCUT2D eigenvalue weighted by Gasteiger charge is -2.26. The molecule has 0 fully saturated rings. The molecule has 2 aromatic carbocycles. The SMILES string of the molecule is C/C=C\c1cccc2c1OC(c1ccccc1)C(=O)C2. The largest absolute Gasteiger partial charge is 0.477 e. The Morgan fingerprint density at radius 1 is 1.10 bits per heavy atom. The third-order valence-corrected chi connectivity index (χ3v) is 3.47. The van der Waals surface area contributed by atoms with Crippen molar-refractivity contribution in [3.05, 3.63) is 71.3 Å². The average Bonchev–Trinajstić information content (AvgIpc) is 2.48. The van der Waals surface area contributed by atoms with E-state index in [4.69, 9.17) is 4.74 Å². The molecule has 0 bridgehead atoms. The van der Waals surface area contributed by atoms with Crippen molar-refractivity contribution < 1.29 is 9.53 Å². The van der Waals surface area contributed by atoms with Gasteiger partial charge < -0.3 is 4.74 Å². The van der Waals surface area contributed by atoms with E-state index in [0.717, 1.165) is 22.4 Å². The normalized spacial score (nSPS) is 17.9. The van der Waals surface area contributed by atoms with Crippen molar-refractivity contribution >= 4 is 11.9 Å². The molecule has 3 rings (SSSR count). The number of ketones is 1. The van der Waals surface area contributed by atoms with Crippen LogP contribution in [0.5, 0.6) is 5.75 Å². The summed E-state index contributed by atoms with van der Waals surface area (Å²) in [4.78, 5) is 12.3. The smallest absolute Gasteiger partial charge is 0.182 e. The fourth-order valence-corrected chi connectivity index (χ4v) is 2.54. The Kier molecular flexibility index (Phi) is 3.38. The second-order valence-electron chi connectivity index (χ2n) is 4.89. The lowest BCUT2D eigenvalue weighted by Crippen LogP contribution is -2.26. The lowest BCUT2D eigenvalue weighted by molar-refractivity contribution is -0.126. The van der Waals surface area contributed by atoms with E-state index in [1.54, 1.807) is 0 Å². The molecule has 1 unspecified atom stereocenters. The molecule has 1 aliphatic rings. The van der Waals surface area contributed by atoms with Crippen LogP contribution < -0.4 is 4.74 Å². The van der Waals surface area contributed by atoms with Crippen molar-refractivity contribution in [2.75, 3.05) is 0 Å². The van der Waals surface area contributed by atoms with E-state index in [2.05, 4.69) is 0 Å². The van der Waals surface area contributed by atoms with Gasteiger partial charge in [0.2, 0.25) is 0 Å². The van der Waals surface area contributed by atoms with Crippen molar-refractivity contribution in [1.82, 2.24) is 0 Å². The zero-order valence-electron chi connectivity index (χ0n) is 11.4. The van der Waals surface area contributed by atoms with Gasteiger partial charge in [0.05, 0.1) is 0 Å². The van der Waals surface area contributed by atoms with Crippen molar-refractivity contribution in [1.29, 1.82) is 0 Å². The third-order valence-electron chi connectivity index (χ3n) is 3.47. The average molecular weight is 264 g/mol. The molecule has 1 heterocycles. The minimum Gasteiger partial charge on any atom is -0.477 e. The number of allylic oxidation sites excluding steroid dienone is 1. The summed E-state index contributed by atoms with van der Waals surface area (Å²) in [5.41, 5.74) is 2.91. The summed E-state index contributed by atoms with van der Waals surface area (Å²) < 4.78 is 6.01. The van der Waals surface area contributed by atoms with Crippen LogP contribution in [0.15, 0.2) is 54.6 Å². The second-order valence-corrected chi connectivity index (χ2v) is 4.89. The minimum atomic E-state index is -0.491. The Morgan fingerprint density at radius 3 is 2.65 bits per heavy atom. The molecule has 100 valence electrons. The second kappa shape index (κ2) is 5.33. The molecule has 1 aliphatic heterocycles. The van der Waals surface area contributed by atoms with E-state index in [0.29, 0.717) is 6.42 Å². The Morgan fingerprint density at radius 2 is 1.90 bits per heavy atom. The first-order valence-corrected chi connectivity index (χ1v) is 6.78. The molecular formula is C18H16O2. The van der Waals surface area contributed by atoms with Gasteiger partial charge in [0.15, 0.2) is 11.9 Å². The highest BCUT2D eigenvalue weighted by molar-refractivity contribution is 5.89. The molecule has 20 heavy (non-hydrogen) atoms. The van der Waals surface area contributed by atoms with Gasteiger partial charge in [-0.1, -0.05) is 60.7 Å². The van der Waals surface area contributed by atoms with Crippen LogP contribution in [0.3, 0.4) is 0 Å². The summed E-state index contributed by atoms with van der Waals surface area (Å²) in [5.74, 6) is 0.945. The summed E-state index contributed by atoms with van der Waals surface area (Å²) in [5, 5.41) is 0. The fraction of sp³-hybridized carbons (Fsp3) is 0.167. The molecule has 0 radical (unpaired) electrons. The van der Waals surface area contributed by atoms with Crippen LogP contribution in [0.1, 0.15) is 29.7 Å². The first-order valence-electron chi connectivity index (χ1n) is 6.78. The van der Waals surface area contributed by atoms with Crippen LogP contribution >= 0.6 is 0 Å². The van der Waals surface area contributed by atoms with Gasteiger partial charge in [-0.3, -0.25) is 4.79 Å². The predicted molar refractivity (Wildman–Crippen MR) is 79.7 cm³/mol. The van der Waals surface area contributed by atoms with E-state index in [-0.39, 0.29) is 5.78 Å². The fourth-order valence-electron chi connectivity index (χ4n) is 2.54. The maximum atomic E-state index is 12.3. The van der Waals surface area contributed by atoms with Crippen LogP contribution in [0.2, 0.25) is 0 Å². The predicted octanol–water partition coefficient (Wildman–Crippen LogP) is 3.97. The first kappa shape index (κ1) is 12.7. The highest BCUT2D eigenvalue weighted by atomic mass is 16.5. The number of para-hydroxylation sites is 1. The molecule has 0 spiro atoms. The van der Waals surface area contributed by atoms with Crippen LogP contribution in [0.4, 0.5) is 0 Å². The zero-order chi connectivity index (χ0) is 13.9. The number of ether oxygens (including phenoxy) is 1. The number of hydrogen-bond donors (Lipinski definition) is 0. The Balaban J connectivity index is 2.03. The first-order chi connectivity index (χ1) is 9.79. The van der Waals surface area contributed by atoms with Gasteiger partial charge >= 0.3 is 0 Å². The molecule has 0 amide bonds. The van der Waals surface area contributed by atoms with Crippen LogP contribution in [0, 0.1) is 0 Å². The quantitative estimate of drug-likeness (QED) is 0.820. The molecule has 1 atom stereocenters. The van der Waals surface area contributed by atoms with Crippen LogP contribution in [-0.2, 0) is 11.2 Å². The van der Waals surface area contributed by atoms with Crippen molar-refractivity contribution in [2.45, 2.75) is 19.4 Å². The summed E-state index contributed by atoms with van der Waals surface area (Å²) in [6.07, 6.45) is 3.93. The van der Waals surface area contributed by atoms with E-state index in [1.165, 1.54) is 0 Å². The highest BCUT2D eigenvalue weighted by Crippen LogP contribution is 2.36. The molecule has 0 saturated carbocycles. The number of hydrogen-bond acceptors (Lipinski definition) is 2. The molecule has 0 aromatic heterocycles. The van der Waals surface area contributed by atoms with Crippen LogP contribution in [0.25, 0.3) is 6.08 Å². The molecule has 2 aromatic rings. The summed E-state index contributed by atoms with van der Waals surface area (Å²) in [6.45, 7) is 1.97.